The van der Waals surface area contributed by atoms with E-state index in [1.807, 2.05) is 7.05 Å². The second-order valence-corrected chi connectivity index (χ2v) is 6.00. The molecule has 0 aromatic rings. The van der Waals surface area contributed by atoms with Crippen LogP contribution in [0.5, 0.6) is 0 Å². The number of aliphatic imine (C=N–C) groups is 1. The molecule has 0 spiro atoms. The molecule has 2 fully saturated rings. The van der Waals surface area contributed by atoms with E-state index < -0.39 is 0 Å². The molecule has 0 amide bonds. The largest absolute Gasteiger partial charge is 0.378 e. The molecule has 2 heterocycles. The van der Waals surface area contributed by atoms with Gasteiger partial charge < -0.3 is 19.7 Å². The second-order valence-electron chi connectivity index (χ2n) is 6.00. The number of guanidine groups is 1. The van der Waals surface area contributed by atoms with Gasteiger partial charge in [-0.3, -0.25) is 4.99 Å². The van der Waals surface area contributed by atoms with Gasteiger partial charge in [0, 0.05) is 33.3 Å². The smallest absolute Gasteiger partial charge is 0.193 e. The Morgan fingerprint density at radius 3 is 2.43 bits per heavy atom. The highest BCUT2D eigenvalue weighted by molar-refractivity contribution is 5.80. The third kappa shape index (κ3) is 4.85. The molecule has 122 valence electrons. The molecule has 0 saturated carbocycles. The van der Waals surface area contributed by atoms with Gasteiger partial charge in [0.2, 0.25) is 0 Å². The lowest BCUT2D eigenvalue weighted by Gasteiger charge is -2.39. The van der Waals surface area contributed by atoms with Gasteiger partial charge in [0.05, 0.1) is 18.3 Å². The van der Waals surface area contributed by atoms with Crippen LogP contribution in [0.15, 0.2) is 4.99 Å². The molecule has 5 nitrogen and oxygen atoms in total. The standard InChI is InChI=1S/C16H31N3O2/c1-4-13-11-19(12-14(5-2)21-13)16(17-3)18-9-8-15-7-6-10-20-15/h13-15H,4-12H2,1-3H3,(H,17,18). The summed E-state index contributed by atoms with van der Waals surface area (Å²) in [6.07, 6.45) is 6.66. The molecule has 3 unspecified atom stereocenters. The van der Waals surface area contributed by atoms with E-state index in [4.69, 9.17) is 9.47 Å². The van der Waals surface area contributed by atoms with Gasteiger partial charge in [-0.15, -0.1) is 0 Å². The molecule has 2 saturated heterocycles. The van der Waals surface area contributed by atoms with Crippen molar-refractivity contribution in [3.05, 3.63) is 0 Å². The van der Waals surface area contributed by atoms with Gasteiger partial charge in [0.25, 0.3) is 0 Å². The number of nitrogens with zero attached hydrogens (tertiary/aromatic N) is 2. The van der Waals surface area contributed by atoms with Crippen molar-refractivity contribution in [1.82, 2.24) is 10.2 Å². The maximum atomic E-state index is 6.05. The quantitative estimate of drug-likeness (QED) is 0.623. The minimum Gasteiger partial charge on any atom is -0.378 e. The predicted molar refractivity (Wildman–Crippen MR) is 85.8 cm³/mol. The zero-order valence-electron chi connectivity index (χ0n) is 13.8. The summed E-state index contributed by atoms with van der Waals surface area (Å²) in [6, 6.07) is 0. The zero-order chi connectivity index (χ0) is 15.1. The van der Waals surface area contributed by atoms with Crippen molar-refractivity contribution < 1.29 is 9.47 Å². The summed E-state index contributed by atoms with van der Waals surface area (Å²) in [7, 11) is 1.87. The van der Waals surface area contributed by atoms with Crippen molar-refractivity contribution in [2.75, 3.05) is 33.3 Å². The number of morpholine rings is 1. The molecule has 0 aromatic heterocycles. The Morgan fingerprint density at radius 1 is 1.19 bits per heavy atom. The molecule has 5 heteroatoms. The second kappa shape index (κ2) is 8.59. The Bertz CT molecular complexity index is 317. The first kappa shape index (κ1) is 16.6. The Hall–Kier alpha value is -0.810. The summed E-state index contributed by atoms with van der Waals surface area (Å²) in [4.78, 5) is 6.80. The molecule has 2 aliphatic heterocycles. The summed E-state index contributed by atoms with van der Waals surface area (Å²) in [6.45, 7) is 8.11. The lowest BCUT2D eigenvalue weighted by Crippen LogP contribution is -2.53. The average Bonchev–Trinajstić information content (AvgIpc) is 3.04. The van der Waals surface area contributed by atoms with Crippen molar-refractivity contribution in [1.29, 1.82) is 0 Å². The SMILES string of the molecule is CCC1CN(C(=NC)NCCC2CCCO2)CC(CC)O1. The number of rotatable bonds is 5. The topological polar surface area (TPSA) is 46.1 Å². The van der Waals surface area contributed by atoms with Crippen LogP contribution in [0.25, 0.3) is 0 Å². The molecule has 3 atom stereocenters. The lowest BCUT2D eigenvalue weighted by molar-refractivity contribution is -0.0695. The van der Waals surface area contributed by atoms with Crippen LogP contribution in [0, 0.1) is 0 Å². The van der Waals surface area contributed by atoms with Gasteiger partial charge in [-0.05, 0) is 32.1 Å². The van der Waals surface area contributed by atoms with E-state index in [2.05, 4.69) is 29.1 Å². The first-order chi connectivity index (χ1) is 10.3. The van der Waals surface area contributed by atoms with Gasteiger partial charge in [0.15, 0.2) is 5.96 Å². The molecule has 2 aliphatic rings. The average molecular weight is 297 g/mol. The molecule has 0 radical (unpaired) electrons. The molecular formula is C16H31N3O2. The summed E-state index contributed by atoms with van der Waals surface area (Å²) in [5, 5.41) is 3.50. The minimum absolute atomic E-state index is 0.320. The fourth-order valence-electron chi connectivity index (χ4n) is 3.10. The summed E-state index contributed by atoms with van der Waals surface area (Å²) >= 11 is 0. The van der Waals surface area contributed by atoms with Gasteiger partial charge in [-0.25, -0.2) is 0 Å². The summed E-state index contributed by atoms with van der Waals surface area (Å²) in [5.74, 6) is 1.01. The van der Waals surface area contributed by atoms with Crippen LogP contribution in [-0.4, -0.2) is 62.5 Å². The highest BCUT2D eigenvalue weighted by atomic mass is 16.5. The van der Waals surface area contributed by atoms with Crippen molar-refractivity contribution in [2.24, 2.45) is 4.99 Å². The van der Waals surface area contributed by atoms with E-state index in [0.29, 0.717) is 18.3 Å². The third-order valence-electron chi connectivity index (χ3n) is 4.43. The minimum atomic E-state index is 0.320. The van der Waals surface area contributed by atoms with E-state index in [9.17, 15) is 0 Å². The van der Waals surface area contributed by atoms with E-state index in [1.54, 1.807) is 0 Å². The van der Waals surface area contributed by atoms with Crippen LogP contribution in [0.4, 0.5) is 0 Å². The molecule has 21 heavy (non-hydrogen) atoms. The predicted octanol–water partition coefficient (Wildman–Crippen LogP) is 2.02. The monoisotopic (exact) mass is 297 g/mol. The third-order valence-corrected chi connectivity index (χ3v) is 4.43. The fourth-order valence-corrected chi connectivity index (χ4v) is 3.10. The van der Waals surface area contributed by atoms with E-state index in [1.165, 1.54) is 12.8 Å². The Kier molecular flexibility index (Phi) is 6.77. The van der Waals surface area contributed by atoms with Crippen LogP contribution >= 0.6 is 0 Å². The van der Waals surface area contributed by atoms with Crippen molar-refractivity contribution in [3.63, 3.8) is 0 Å². The fraction of sp³-hybridized carbons (Fsp3) is 0.938. The van der Waals surface area contributed by atoms with E-state index in [0.717, 1.165) is 51.5 Å². The lowest BCUT2D eigenvalue weighted by atomic mass is 10.1. The summed E-state index contributed by atoms with van der Waals surface area (Å²) in [5.41, 5.74) is 0. The number of hydrogen-bond acceptors (Lipinski definition) is 3. The van der Waals surface area contributed by atoms with Gasteiger partial charge >= 0.3 is 0 Å². The van der Waals surface area contributed by atoms with Crippen molar-refractivity contribution in [3.8, 4) is 0 Å². The van der Waals surface area contributed by atoms with Crippen LogP contribution in [0.1, 0.15) is 46.0 Å². The molecule has 1 N–H and O–H groups in total. The van der Waals surface area contributed by atoms with Crippen LogP contribution in [0.2, 0.25) is 0 Å². The van der Waals surface area contributed by atoms with Gasteiger partial charge in [0.1, 0.15) is 0 Å². The van der Waals surface area contributed by atoms with Crippen molar-refractivity contribution >= 4 is 5.96 Å². The number of hydrogen-bond donors (Lipinski definition) is 1. The maximum absolute atomic E-state index is 6.05. The maximum Gasteiger partial charge on any atom is 0.193 e. The molecular weight excluding hydrogens is 266 g/mol. The van der Waals surface area contributed by atoms with Gasteiger partial charge in [-0.1, -0.05) is 13.8 Å². The van der Waals surface area contributed by atoms with E-state index >= 15 is 0 Å². The number of ether oxygens (including phenoxy) is 2. The first-order valence-electron chi connectivity index (χ1n) is 8.49. The Morgan fingerprint density at radius 2 is 1.90 bits per heavy atom. The Balaban J connectivity index is 1.81. The normalized spacial score (nSPS) is 30.7. The van der Waals surface area contributed by atoms with E-state index in [-0.39, 0.29) is 0 Å². The Labute approximate surface area is 129 Å². The van der Waals surface area contributed by atoms with Crippen LogP contribution in [-0.2, 0) is 9.47 Å². The van der Waals surface area contributed by atoms with Crippen LogP contribution in [0.3, 0.4) is 0 Å². The van der Waals surface area contributed by atoms with Gasteiger partial charge in [-0.2, -0.15) is 0 Å². The zero-order valence-corrected chi connectivity index (χ0v) is 13.8. The highest BCUT2D eigenvalue weighted by Gasteiger charge is 2.27. The van der Waals surface area contributed by atoms with Crippen molar-refractivity contribution in [2.45, 2.75) is 64.3 Å². The highest BCUT2D eigenvalue weighted by Crippen LogP contribution is 2.17. The molecule has 0 aliphatic carbocycles. The van der Waals surface area contributed by atoms with Crippen LogP contribution < -0.4 is 5.32 Å². The molecule has 0 aromatic carbocycles. The first-order valence-corrected chi connectivity index (χ1v) is 8.49. The number of nitrogens with one attached hydrogen (secondary N) is 1. The summed E-state index contributed by atoms with van der Waals surface area (Å²) < 4.78 is 11.7. The molecule has 2 rings (SSSR count). The molecule has 0 bridgehead atoms.